The molecular weight excluding hydrogens is 388 g/mol. The van der Waals surface area contributed by atoms with E-state index in [-0.39, 0.29) is 5.28 Å². The molecule has 0 bridgehead atoms. The summed E-state index contributed by atoms with van der Waals surface area (Å²) in [5.41, 5.74) is 3.92. The third kappa shape index (κ3) is 4.09. The molecule has 0 spiro atoms. The Morgan fingerprint density at radius 3 is 2.82 bits per heavy atom. The maximum Gasteiger partial charge on any atom is 0.224 e. The van der Waals surface area contributed by atoms with Crippen molar-refractivity contribution < 1.29 is 4.74 Å². The Balaban J connectivity index is 1.70. The molecule has 0 N–H and O–H groups in total. The predicted octanol–water partition coefficient (Wildman–Crippen LogP) is 5.61. The first-order chi connectivity index (χ1) is 13.4. The molecule has 4 rings (SSSR count). The van der Waals surface area contributed by atoms with Gasteiger partial charge in [-0.15, -0.1) is 0 Å². The Kier molecular flexibility index (Phi) is 5.18. The number of rotatable bonds is 6. The maximum atomic E-state index is 6.07. The van der Waals surface area contributed by atoms with E-state index in [4.69, 9.17) is 16.3 Å². The quantitative estimate of drug-likeness (QED) is 0.235. The summed E-state index contributed by atoms with van der Waals surface area (Å²) in [5, 5.41) is 2.30. The highest BCUT2D eigenvalue weighted by Gasteiger charge is 2.15. The number of pyridine rings is 1. The van der Waals surface area contributed by atoms with Crippen molar-refractivity contribution in [3.05, 3.63) is 54.2 Å². The Labute approximate surface area is 170 Å². The molecule has 0 saturated carbocycles. The molecule has 4 aromatic rings. The van der Waals surface area contributed by atoms with Crippen LogP contribution in [0.1, 0.15) is 0 Å². The molecule has 7 heteroatoms. The Morgan fingerprint density at radius 2 is 2.00 bits per heavy atom. The van der Waals surface area contributed by atoms with Gasteiger partial charge in [-0.3, -0.25) is 4.98 Å². The molecule has 1 aromatic carbocycles. The van der Waals surface area contributed by atoms with Crippen LogP contribution < -0.4 is 0 Å². The van der Waals surface area contributed by atoms with Crippen LogP contribution in [0.25, 0.3) is 33.1 Å². The molecule has 0 unspecified atom stereocenters. The number of hydrogen-bond donors (Lipinski definition) is 0. The lowest BCUT2D eigenvalue weighted by Crippen LogP contribution is -2.22. The average molecular weight is 411 g/mol. The monoisotopic (exact) mass is 410 g/mol. The van der Waals surface area contributed by atoms with E-state index in [0.717, 1.165) is 45.7 Å². The molecular formula is C21H23ClN4OSi. The van der Waals surface area contributed by atoms with Gasteiger partial charge >= 0.3 is 0 Å². The summed E-state index contributed by atoms with van der Waals surface area (Å²) in [6.45, 7) is 8.25. The van der Waals surface area contributed by atoms with Gasteiger partial charge in [0, 0.05) is 49.6 Å². The number of aromatic nitrogens is 4. The van der Waals surface area contributed by atoms with Gasteiger partial charge in [0.25, 0.3) is 0 Å². The van der Waals surface area contributed by atoms with E-state index in [9.17, 15) is 0 Å². The SMILES string of the molecule is C[Si](C)(C)CCOCn1cc(-c2ccc3ncccc3c2)c2cnc(Cl)nc21. The number of ether oxygens (including phenoxy) is 1. The fourth-order valence-corrected chi connectivity index (χ4v) is 4.05. The minimum Gasteiger partial charge on any atom is -0.361 e. The summed E-state index contributed by atoms with van der Waals surface area (Å²) in [6.07, 6.45) is 5.66. The standard InChI is InChI=1S/C21H23ClN4OSi/c1-28(2,3)10-9-27-14-26-13-18(17-12-24-21(22)25-20(17)26)15-6-7-19-16(11-15)5-4-8-23-19/h4-8,11-13H,9-10,14H2,1-3H3. The normalized spacial score (nSPS) is 12.1. The van der Waals surface area contributed by atoms with E-state index in [0.29, 0.717) is 6.73 Å². The maximum absolute atomic E-state index is 6.07. The lowest BCUT2D eigenvalue weighted by Gasteiger charge is -2.15. The summed E-state index contributed by atoms with van der Waals surface area (Å²) in [6, 6.07) is 11.4. The van der Waals surface area contributed by atoms with Crippen LogP contribution >= 0.6 is 11.6 Å². The molecule has 0 fully saturated rings. The Hall–Kier alpha value is -2.28. The molecule has 0 saturated heterocycles. The number of benzene rings is 1. The van der Waals surface area contributed by atoms with Crippen LogP contribution in [0.2, 0.25) is 31.0 Å². The summed E-state index contributed by atoms with van der Waals surface area (Å²) in [4.78, 5) is 13.0. The van der Waals surface area contributed by atoms with E-state index < -0.39 is 8.07 Å². The highest BCUT2D eigenvalue weighted by molar-refractivity contribution is 6.76. The third-order valence-corrected chi connectivity index (χ3v) is 6.61. The number of fused-ring (bicyclic) bond motifs is 2. The number of halogens is 1. The zero-order valence-corrected chi connectivity index (χ0v) is 18.1. The molecule has 0 aliphatic rings. The van der Waals surface area contributed by atoms with Crippen molar-refractivity contribution in [2.24, 2.45) is 0 Å². The van der Waals surface area contributed by atoms with E-state index in [1.165, 1.54) is 0 Å². The lowest BCUT2D eigenvalue weighted by atomic mass is 10.0. The topological polar surface area (TPSA) is 52.8 Å². The van der Waals surface area contributed by atoms with E-state index in [1.807, 2.05) is 22.9 Å². The Morgan fingerprint density at radius 1 is 1.14 bits per heavy atom. The van der Waals surface area contributed by atoms with Crippen molar-refractivity contribution in [1.29, 1.82) is 0 Å². The van der Waals surface area contributed by atoms with E-state index in [1.54, 1.807) is 6.20 Å². The second kappa shape index (κ2) is 7.62. The zero-order chi connectivity index (χ0) is 19.7. The van der Waals surface area contributed by atoms with Gasteiger partial charge in [0.2, 0.25) is 5.28 Å². The minimum atomic E-state index is -1.12. The zero-order valence-electron chi connectivity index (χ0n) is 16.3. The fourth-order valence-electron chi connectivity index (χ4n) is 3.16. The molecule has 144 valence electrons. The van der Waals surface area contributed by atoms with Crippen molar-refractivity contribution in [2.45, 2.75) is 32.4 Å². The molecule has 3 aromatic heterocycles. The largest absolute Gasteiger partial charge is 0.361 e. The van der Waals surface area contributed by atoms with E-state index >= 15 is 0 Å². The molecule has 0 atom stereocenters. The number of nitrogens with zero attached hydrogens (tertiary/aromatic N) is 4. The molecule has 0 amide bonds. The molecule has 28 heavy (non-hydrogen) atoms. The van der Waals surface area contributed by atoms with Crippen LogP contribution in [-0.2, 0) is 11.5 Å². The molecule has 0 aliphatic carbocycles. The van der Waals surface area contributed by atoms with Gasteiger partial charge < -0.3 is 9.30 Å². The van der Waals surface area contributed by atoms with Gasteiger partial charge in [-0.05, 0) is 41.4 Å². The second-order valence-corrected chi connectivity index (χ2v) is 14.1. The fraction of sp³-hybridized carbons (Fsp3) is 0.286. The first-order valence-electron chi connectivity index (χ1n) is 9.35. The van der Waals surface area contributed by atoms with Gasteiger partial charge in [-0.2, -0.15) is 4.98 Å². The first kappa shape index (κ1) is 19.1. The average Bonchev–Trinajstić information content (AvgIpc) is 3.02. The predicted molar refractivity (Wildman–Crippen MR) is 117 cm³/mol. The van der Waals surface area contributed by atoms with Crippen LogP contribution in [0.4, 0.5) is 0 Å². The van der Waals surface area contributed by atoms with Crippen LogP contribution in [0.3, 0.4) is 0 Å². The van der Waals surface area contributed by atoms with Crippen LogP contribution in [0, 0.1) is 0 Å². The summed E-state index contributed by atoms with van der Waals surface area (Å²) in [7, 11) is -1.12. The highest BCUT2D eigenvalue weighted by atomic mass is 35.5. The Bertz CT molecular complexity index is 1140. The van der Waals surface area contributed by atoms with Gasteiger partial charge in [0.1, 0.15) is 12.4 Å². The van der Waals surface area contributed by atoms with Gasteiger partial charge in [0.05, 0.1) is 5.52 Å². The highest BCUT2D eigenvalue weighted by Crippen LogP contribution is 2.31. The third-order valence-electron chi connectivity index (χ3n) is 4.73. The van der Waals surface area contributed by atoms with Gasteiger partial charge in [0.15, 0.2) is 0 Å². The molecule has 0 radical (unpaired) electrons. The van der Waals surface area contributed by atoms with Crippen molar-refractivity contribution in [1.82, 2.24) is 19.5 Å². The molecule has 5 nitrogen and oxygen atoms in total. The number of hydrogen-bond acceptors (Lipinski definition) is 4. The molecule has 3 heterocycles. The van der Waals surface area contributed by atoms with Crippen LogP contribution in [0.15, 0.2) is 48.9 Å². The van der Waals surface area contributed by atoms with Crippen molar-refractivity contribution in [3.63, 3.8) is 0 Å². The second-order valence-electron chi connectivity index (χ2n) is 8.15. The van der Waals surface area contributed by atoms with Gasteiger partial charge in [-0.25, -0.2) is 4.98 Å². The minimum absolute atomic E-state index is 0.239. The van der Waals surface area contributed by atoms with Crippen molar-refractivity contribution in [2.75, 3.05) is 6.61 Å². The smallest absolute Gasteiger partial charge is 0.224 e. The molecule has 0 aliphatic heterocycles. The van der Waals surface area contributed by atoms with Crippen molar-refractivity contribution in [3.8, 4) is 11.1 Å². The van der Waals surface area contributed by atoms with Crippen LogP contribution in [0.5, 0.6) is 0 Å². The van der Waals surface area contributed by atoms with Crippen molar-refractivity contribution >= 4 is 41.6 Å². The van der Waals surface area contributed by atoms with Gasteiger partial charge in [-0.1, -0.05) is 31.8 Å². The summed E-state index contributed by atoms with van der Waals surface area (Å²) >= 11 is 6.07. The summed E-state index contributed by atoms with van der Waals surface area (Å²) in [5.74, 6) is 0. The lowest BCUT2D eigenvalue weighted by molar-refractivity contribution is 0.0899. The first-order valence-corrected chi connectivity index (χ1v) is 13.4. The van der Waals surface area contributed by atoms with Crippen LogP contribution in [-0.4, -0.2) is 34.2 Å². The summed E-state index contributed by atoms with van der Waals surface area (Å²) < 4.78 is 7.96. The van der Waals surface area contributed by atoms with E-state index in [2.05, 4.69) is 59.0 Å².